The number of rotatable bonds is 16. The highest BCUT2D eigenvalue weighted by Gasteiger charge is 2.26. The highest BCUT2D eigenvalue weighted by atomic mass is 16.7. The summed E-state index contributed by atoms with van der Waals surface area (Å²) in [6.45, 7) is 5.83. The van der Waals surface area contributed by atoms with E-state index >= 15 is 0 Å². The van der Waals surface area contributed by atoms with Gasteiger partial charge in [-0.3, -0.25) is 0 Å². The minimum atomic E-state index is -1.26. The predicted molar refractivity (Wildman–Crippen MR) is 115 cm³/mol. The van der Waals surface area contributed by atoms with Gasteiger partial charge in [0.15, 0.2) is 0 Å². The second-order valence-electron chi connectivity index (χ2n) is 8.62. The van der Waals surface area contributed by atoms with Crippen LogP contribution in [-0.4, -0.2) is 49.4 Å². The van der Waals surface area contributed by atoms with Crippen LogP contribution in [0.2, 0.25) is 0 Å². The van der Waals surface area contributed by atoms with Crippen molar-refractivity contribution in [1.29, 1.82) is 0 Å². The van der Waals surface area contributed by atoms with Gasteiger partial charge in [0.25, 0.3) is 0 Å². The van der Waals surface area contributed by atoms with Gasteiger partial charge in [0, 0.05) is 6.61 Å². The Morgan fingerprint density at radius 2 is 1.30 bits per heavy atom. The quantitative estimate of drug-likeness (QED) is 0.226. The largest absolute Gasteiger partial charge is 0.508 e. The maximum atomic E-state index is 11.7. The van der Waals surface area contributed by atoms with E-state index in [1.54, 1.807) is 0 Å². The van der Waals surface area contributed by atoms with E-state index in [1.807, 2.05) is 0 Å². The maximum Gasteiger partial charge on any atom is 0.508 e. The lowest BCUT2D eigenvalue weighted by molar-refractivity contribution is -0.0257. The van der Waals surface area contributed by atoms with Crippen LogP contribution in [0.3, 0.4) is 0 Å². The van der Waals surface area contributed by atoms with Crippen molar-refractivity contribution >= 4 is 12.3 Å². The molecule has 7 nitrogen and oxygen atoms in total. The number of ether oxygens (including phenoxy) is 4. The van der Waals surface area contributed by atoms with Gasteiger partial charge in [-0.25, -0.2) is 9.59 Å². The fraction of sp³-hybridized carbons (Fsp3) is 0.913. The molecule has 0 saturated heterocycles. The number of unbranched alkanes of at least 4 members (excludes halogenated alkanes) is 7. The molecular formula is C23H42O7. The molecule has 30 heavy (non-hydrogen) atoms. The van der Waals surface area contributed by atoms with Crippen LogP contribution >= 0.6 is 0 Å². The van der Waals surface area contributed by atoms with Crippen molar-refractivity contribution in [3.8, 4) is 0 Å². The molecule has 0 radical (unpaired) electrons. The molecule has 0 aromatic heterocycles. The Balaban J connectivity index is 1.83. The van der Waals surface area contributed by atoms with E-state index in [0.717, 1.165) is 12.3 Å². The lowest BCUT2D eigenvalue weighted by Gasteiger charge is -2.26. The number of carbonyl (C=O) groups excluding carboxylic acids is 1. The van der Waals surface area contributed by atoms with Crippen LogP contribution in [0, 0.1) is 5.92 Å². The third-order valence-electron chi connectivity index (χ3n) is 5.42. The summed E-state index contributed by atoms with van der Waals surface area (Å²) < 4.78 is 20.5. The first-order valence-corrected chi connectivity index (χ1v) is 11.8. The summed E-state index contributed by atoms with van der Waals surface area (Å²) in [7, 11) is 0. The molecule has 1 N–H and O–H groups in total. The average Bonchev–Trinajstić information content (AvgIpc) is 2.69. The van der Waals surface area contributed by atoms with Crippen molar-refractivity contribution in [2.24, 2.45) is 5.92 Å². The Kier molecular flexibility index (Phi) is 15.2. The summed E-state index contributed by atoms with van der Waals surface area (Å²) in [6.07, 6.45) is 11.4. The normalized spacial score (nSPS) is 18.9. The Morgan fingerprint density at radius 3 is 1.87 bits per heavy atom. The van der Waals surface area contributed by atoms with Crippen LogP contribution in [0.5, 0.6) is 0 Å². The molecule has 1 rings (SSSR count). The van der Waals surface area contributed by atoms with E-state index in [9.17, 15) is 9.59 Å². The molecule has 7 heteroatoms. The van der Waals surface area contributed by atoms with Gasteiger partial charge in [-0.15, -0.1) is 0 Å². The molecule has 0 unspecified atom stereocenters. The van der Waals surface area contributed by atoms with Gasteiger partial charge in [0.05, 0.1) is 6.61 Å². The molecule has 0 spiro atoms. The van der Waals surface area contributed by atoms with Crippen molar-refractivity contribution in [3.63, 3.8) is 0 Å². The molecular weight excluding hydrogens is 388 g/mol. The second-order valence-corrected chi connectivity index (χ2v) is 8.62. The van der Waals surface area contributed by atoms with Gasteiger partial charge in [-0.05, 0) is 38.0 Å². The molecule has 0 atom stereocenters. The van der Waals surface area contributed by atoms with Crippen LogP contribution in [0.4, 0.5) is 9.59 Å². The van der Waals surface area contributed by atoms with E-state index in [0.29, 0.717) is 38.9 Å². The Labute approximate surface area is 181 Å². The lowest BCUT2D eigenvalue weighted by atomic mass is 9.95. The lowest BCUT2D eigenvalue weighted by Crippen LogP contribution is -2.29. The van der Waals surface area contributed by atoms with Crippen molar-refractivity contribution in [3.05, 3.63) is 0 Å². The van der Waals surface area contributed by atoms with Crippen molar-refractivity contribution in [2.75, 3.05) is 19.8 Å². The molecule has 0 aromatic carbocycles. The van der Waals surface area contributed by atoms with Crippen LogP contribution in [-0.2, 0) is 18.9 Å². The summed E-state index contributed by atoms with van der Waals surface area (Å²) in [5.74, 6) is 0.827. The minimum absolute atomic E-state index is 0.187. The number of hydrogen-bond donors (Lipinski definition) is 1. The summed E-state index contributed by atoms with van der Waals surface area (Å²) in [5.41, 5.74) is 0. The molecule has 0 amide bonds. The minimum Gasteiger partial charge on any atom is -0.450 e. The highest BCUT2D eigenvalue weighted by Crippen LogP contribution is 2.24. The fourth-order valence-corrected chi connectivity index (χ4v) is 3.68. The van der Waals surface area contributed by atoms with Crippen LogP contribution in [0.25, 0.3) is 0 Å². The average molecular weight is 431 g/mol. The van der Waals surface area contributed by atoms with Gasteiger partial charge in [-0.1, -0.05) is 65.2 Å². The van der Waals surface area contributed by atoms with E-state index < -0.39 is 12.3 Å². The third-order valence-corrected chi connectivity index (χ3v) is 5.42. The molecule has 0 heterocycles. The van der Waals surface area contributed by atoms with Gasteiger partial charge in [0.1, 0.15) is 18.8 Å². The van der Waals surface area contributed by atoms with Crippen molar-refractivity contribution in [2.45, 2.75) is 110 Å². The van der Waals surface area contributed by atoms with E-state index in [2.05, 4.69) is 13.8 Å². The zero-order valence-corrected chi connectivity index (χ0v) is 18.9. The first-order chi connectivity index (χ1) is 14.5. The van der Waals surface area contributed by atoms with Gasteiger partial charge in [-0.2, -0.15) is 0 Å². The Hall–Kier alpha value is -1.50. The van der Waals surface area contributed by atoms with E-state index in [-0.39, 0.29) is 18.8 Å². The zero-order chi connectivity index (χ0) is 22.0. The van der Waals surface area contributed by atoms with Crippen molar-refractivity contribution in [1.82, 2.24) is 0 Å². The number of carbonyl (C=O) groups is 2. The summed E-state index contributed by atoms with van der Waals surface area (Å²) in [5, 5.41) is 8.60. The monoisotopic (exact) mass is 430 g/mol. The summed E-state index contributed by atoms with van der Waals surface area (Å²) in [4.78, 5) is 22.2. The second kappa shape index (κ2) is 17.2. The highest BCUT2D eigenvalue weighted by molar-refractivity contribution is 5.60. The Bertz CT molecular complexity index is 445. The fourth-order valence-electron chi connectivity index (χ4n) is 3.68. The first-order valence-electron chi connectivity index (χ1n) is 11.8. The van der Waals surface area contributed by atoms with Crippen LogP contribution < -0.4 is 0 Å². The van der Waals surface area contributed by atoms with Gasteiger partial charge in [0.2, 0.25) is 0 Å². The number of carboxylic acid groups (broad SMARTS) is 1. The predicted octanol–water partition coefficient (Wildman–Crippen LogP) is 6.33. The third kappa shape index (κ3) is 15.4. The molecule has 1 fully saturated rings. The van der Waals surface area contributed by atoms with Crippen molar-refractivity contribution < 1.29 is 33.6 Å². The van der Waals surface area contributed by atoms with Crippen LogP contribution in [0.1, 0.15) is 97.3 Å². The molecule has 0 aromatic rings. The van der Waals surface area contributed by atoms with Gasteiger partial charge < -0.3 is 24.1 Å². The van der Waals surface area contributed by atoms with Crippen LogP contribution in [0.15, 0.2) is 0 Å². The molecule has 1 aliphatic carbocycles. The smallest absolute Gasteiger partial charge is 0.450 e. The number of hydrogen-bond acceptors (Lipinski definition) is 6. The molecule has 0 aliphatic heterocycles. The topological polar surface area (TPSA) is 91.3 Å². The van der Waals surface area contributed by atoms with Gasteiger partial charge >= 0.3 is 12.3 Å². The maximum absolute atomic E-state index is 11.7. The summed E-state index contributed by atoms with van der Waals surface area (Å²) >= 11 is 0. The molecule has 0 bridgehead atoms. The SMILES string of the molecule is CC(C)CCCCCCCCCCOCCOC(=O)OC1CCC(OC(=O)O)CC1. The molecule has 176 valence electrons. The molecule has 1 aliphatic rings. The summed E-state index contributed by atoms with van der Waals surface area (Å²) in [6, 6.07) is 0. The standard InChI is InChI=1S/C23H42O7/c1-19(2)11-9-7-5-3-4-6-8-10-16-27-17-18-28-23(26)30-21-14-12-20(13-15-21)29-22(24)25/h19-21H,3-18H2,1-2H3,(H,24,25). The first kappa shape index (κ1) is 26.5. The van der Waals surface area contributed by atoms with E-state index in [4.69, 9.17) is 24.1 Å². The molecule has 1 saturated carbocycles. The van der Waals surface area contributed by atoms with E-state index in [1.165, 1.54) is 51.4 Å². The zero-order valence-electron chi connectivity index (χ0n) is 18.9. The Morgan fingerprint density at radius 1 is 0.767 bits per heavy atom.